The summed E-state index contributed by atoms with van der Waals surface area (Å²) in [6, 6.07) is 7.41. The van der Waals surface area contributed by atoms with E-state index in [2.05, 4.69) is 25.8 Å². The fourth-order valence-electron chi connectivity index (χ4n) is 2.54. The van der Waals surface area contributed by atoms with Crippen molar-refractivity contribution in [2.45, 2.75) is 38.3 Å². The number of aromatic nitrogens is 2. The van der Waals surface area contributed by atoms with Crippen LogP contribution in [0.1, 0.15) is 31.6 Å². The smallest absolute Gasteiger partial charge is 0.390 e. The lowest BCUT2D eigenvalue weighted by atomic mass is 10.2. The predicted molar refractivity (Wildman–Crippen MR) is 119 cm³/mol. The van der Waals surface area contributed by atoms with E-state index in [1.807, 2.05) is 24.3 Å². The topological polar surface area (TPSA) is 84.6 Å². The first-order valence-electron chi connectivity index (χ1n) is 9.39. The lowest BCUT2D eigenvalue weighted by Crippen LogP contribution is -2.39. The molecule has 0 unspecified atom stereocenters. The van der Waals surface area contributed by atoms with Crippen LogP contribution in [-0.2, 0) is 6.42 Å². The zero-order valence-corrected chi connectivity index (χ0v) is 19.3. The number of aliphatic imine (C=N–C) groups is 1. The van der Waals surface area contributed by atoms with Crippen molar-refractivity contribution >= 4 is 29.9 Å². The van der Waals surface area contributed by atoms with Gasteiger partial charge in [0.15, 0.2) is 5.96 Å². The highest BCUT2D eigenvalue weighted by molar-refractivity contribution is 14.0. The van der Waals surface area contributed by atoms with Gasteiger partial charge in [0.1, 0.15) is 5.75 Å². The number of aryl methyl sites for hydroxylation is 1. The number of guanidine groups is 1. The molecule has 30 heavy (non-hydrogen) atoms. The van der Waals surface area contributed by atoms with Crippen LogP contribution in [0.15, 0.2) is 33.8 Å². The van der Waals surface area contributed by atoms with E-state index in [1.54, 1.807) is 7.11 Å². The molecule has 2 aromatic rings. The van der Waals surface area contributed by atoms with Crippen molar-refractivity contribution in [1.82, 2.24) is 20.8 Å². The minimum Gasteiger partial charge on any atom is -0.497 e. The molecule has 0 aliphatic carbocycles. The Balaban J connectivity index is 0.00000450. The molecule has 7 nitrogen and oxygen atoms in total. The highest BCUT2D eigenvalue weighted by Crippen LogP contribution is 2.20. The van der Waals surface area contributed by atoms with Crippen LogP contribution >= 0.6 is 24.0 Å². The van der Waals surface area contributed by atoms with Gasteiger partial charge in [0.2, 0.25) is 11.7 Å². The number of rotatable bonds is 10. The van der Waals surface area contributed by atoms with Gasteiger partial charge in [-0.3, -0.25) is 4.99 Å². The van der Waals surface area contributed by atoms with E-state index in [0.29, 0.717) is 30.6 Å². The normalized spacial score (nSPS) is 11.7. The van der Waals surface area contributed by atoms with Crippen LogP contribution in [0, 0.1) is 0 Å². The van der Waals surface area contributed by atoms with E-state index in [9.17, 15) is 13.2 Å². The summed E-state index contributed by atoms with van der Waals surface area (Å²) in [4.78, 5) is 8.29. The summed E-state index contributed by atoms with van der Waals surface area (Å²) in [6.07, 6.45) is -1.77. The zero-order valence-electron chi connectivity index (χ0n) is 17.0. The molecule has 1 aromatic heterocycles. The van der Waals surface area contributed by atoms with Gasteiger partial charge in [0, 0.05) is 32.1 Å². The summed E-state index contributed by atoms with van der Waals surface area (Å²) in [5.41, 5.74) is 0.856. The molecule has 11 heteroatoms. The molecule has 2 N–H and O–H groups in total. The minimum atomic E-state index is -4.17. The van der Waals surface area contributed by atoms with Gasteiger partial charge in [-0.05, 0) is 37.1 Å². The molecule has 2 rings (SSSR count). The fraction of sp³-hybridized carbons (Fsp3) is 0.526. The average molecular weight is 541 g/mol. The van der Waals surface area contributed by atoms with Crippen molar-refractivity contribution in [2.24, 2.45) is 4.99 Å². The Morgan fingerprint density at radius 3 is 2.43 bits per heavy atom. The predicted octanol–water partition coefficient (Wildman–Crippen LogP) is 4.19. The molecule has 168 valence electrons. The number of hydrogen-bond donors (Lipinski definition) is 2. The van der Waals surface area contributed by atoms with Gasteiger partial charge in [0.25, 0.3) is 0 Å². The number of nitrogens with one attached hydrogen (secondary N) is 2. The number of nitrogens with zero attached hydrogens (tertiary/aromatic N) is 3. The molecule has 0 radical (unpaired) electrons. The van der Waals surface area contributed by atoms with Gasteiger partial charge in [-0.2, -0.15) is 18.2 Å². The van der Waals surface area contributed by atoms with Crippen molar-refractivity contribution < 1.29 is 22.4 Å². The Kier molecular flexibility index (Phi) is 11.5. The Morgan fingerprint density at radius 2 is 1.80 bits per heavy atom. The van der Waals surface area contributed by atoms with Crippen molar-refractivity contribution in [3.05, 3.63) is 30.2 Å². The molecule has 0 atom stereocenters. The second-order valence-electron chi connectivity index (χ2n) is 6.34. The minimum absolute atomic E-state index is 0. The molecule has 0 spiro atoms. The van der Waals surface area contributed by atoms with E-state index in [4.69, 9.17) is 9.26 Å². The van der Waals surface area contributed by atoms with Crippen LogP contribution in [0.4, 0.5) is 13.2 Å². The number of methoxy groups -OCH3 is 1. The Morgan fingerprint density at radius 1 is 1.10 bits per heavy atom. The molecular formula is C19H27F3IN5O2. The summed E-state index contributed by atoms with van der Waals surface area (Å²) < 4.78 is 46.8. The summed E-state index contributed by atoms with van der Waals surface area (Å²) in [7, 11) is 3.14. The summed E-state index contributed by atoms with van der Waals surface area (Å²) >= 11 is 0. The second kappa shape index (κ2) is 13.3. The quantitative estimate of drug-likeness (QED) is 0.203. The van der Waals surface area contributed by atoms with Gasteiger partial charge in [-0.25, -0.2) is 0 Å². The van der Waals surface area contributed by atoms with E-state index >= 15 is 0 Å². The van der Waals surface area contributed by atoms with Gasteiger partial charge < -0.3 is 19.9 Å². The Bertz CT molecular complexity index is 766. The third-order valence-electron chi connectivity index (χ3n) is 4.10. The number of ether oxygens (including phenoxy) is 1. The average Bonchev–Trinajstić information content (AvgIpc) is 3.17. The second-order valence-corrected chi connectivity index (χ2v) is 6.34. The van der Waals surface area contributed by atoms with Crippen LogP contribution < -0.4 is 15.4 Å². The first-order valence-corrected chi connectivity index (χ1v) is 9.39. The third kappa shape index (κ3) is 9.63. The van der Waals surface area contributed by atoms with Gasteiger partial charge >= 0.3 is 6.18 Å². The van der Waals surface area contributed by atoms with Crippen LogP contribution in [0.25, 0.3) is 11.4 Å². The molecule has 0 saturated carbocycles. The van der Waals surface area contributed by atoms with Crippen molar-refractivity contribution in [2.75, 3.05) is 27.2 Å². The van der Waals surface area contributed by atoms with Gasteiger partial charge in [-0.1, -0.05) is 11.6 Å². The van der Waals surface area contributed by atoms with Gasteiger partial charge in [-0.15, -0.1) is 24.0 Å². The van der Waals surface area contributed by atoms with E-state index in [1.165, 1.54) is 7.05 Å². The molecule has 0 amide bonds. The summed E-state index contributed by atoms with van der Waals surface area (Å²) in [6.45, 7) is 0.420. The van der Waals surface area contributed by atoms with Crippen LogP contribution in [-0.4, -0.2) is 49.5 Å². The van der Waals surface area contributed by atoms with E-state index < -0.39 is 12.6 Å². The maximum atomic E-state index is 12.1. The highest BCUT2D eigenvalue weighted by Gasteiger charge is 2.26. The van der Waals surface area contributed by atoms with Crippen molar-refractivity contribution in [3.63, 3.8) is 0 Å². The molecule has 0 bridgehead atoms. The fourth-order valence-corrected chi connectivity index (χ4v) is 2.54. The van der Waals surface area contributed by atoms with E-state index in [-0.39, 0.29) is 30.5 Å². The Labute approximate surface area is 190 Å². The Hall–Kier alpha value is -2.05. The van der Waals surface area contributed by atoms with Crippen molar-refractivity contribution in [1.29, 1.82) is 0 Å². The van der Waals surface area contributed by atoms with Gasteiger partial charge in [0.05, 0.1) is 13.5 Å². The van der Waals surface area contributed by atoms with Crippen LogP contribution in [0.3, 0.4) is 0 Å². The first kappa shape index (κ1) is 26.0. The maximum Gasteiger partial charge on any atom is 0.390 e. The summed E-state index contributed by atoms with van der Waals surface area (Å²) in [5.74, 6) is 2.25. The third-order valence-corrected chi connectivity index (χ3v) is 4.10. The molecule has 0 saturated heterocycles. The number of hydrogen-bond acceptors (Lipinski definition) is 5. The van der Waals surface area contributed by atoms with Crippen LogP contribution in [0.2, 0.25) is 0 Å². The number of alkyl halides is 3. The largest absolute Gasteiger partial charge is 0.497 e. The van der Waals surface area contributed by atoms with Crippen LogP contribution in [0.5, 0.6) is 5.75 Å². The van der Waals surface area contributed by atoms with Crippen molar-refractivity contribution in [3.8, 4) is 17.1 Å². The van der Waals surface area contributed by atoms with E-state index in [0.717, 1.165) is 30.6 Å². The SMILES string of the molecule is CN=C(NCCCCCc1nc(-c2ccc(OC)cc2)no1)NCCC(F)(F)F.I. The molecule has 0 aliphatic rings. The number of benzene rings is 1. The first-order chi connectivity index (χ1) is 13.9. The maximum absolute atomic E-state index is 12.1. The lowest BCUT2D eigenvalue weighted by molar-refractivity contribution is -0.132. The molecular weight excluding hydrogens is 514 g/mol. The highest BCUT2D eigenvalue weighted by atomic mass is 127. The molecule has 0 aliphatic heterocycles. The molecule has 1 heterocycles. The summed E-state index contributed by atoms with van der Waals surface area (Å²) in [5, 5.41) is 9.64. The number of halogens is 4. The molecule has 0 fully saturated rings. The standard InChI is InChI=1S/C19H26F3N5O2.HI/c1-23-18(25-13-11-19(20,21)22)24-12-5-3-4-6-16-26-17(27-29-16)14-7-9-15(28-2)10-8-14;/h7-10H,3-6,11-13H2,1-2H3,(H2,23,24,25);1H. The number of unbranched alkanes of at least 4 members (excludes halogenated alkanes) is 2. The lowest BCUT2D eigenvalue weighted by Gasteiger charge is -2.12. The monoisotopic (exact) mass is 541 g/mol. The molecule has 1 aromatic carbocycles. The zero-order chi connectivity index (χ0) is 21.1.